The van der Waals surface area contributed by atoms with Crippen molar-refractivity contribution in [3.05, 3.63) is 47.9 Å². The second kappa shape index (κ2) is 8.89. The molecule has 2 aromatic rings. The number of carbonyl (C=O) groups excluding carboxylic acids is 2. The third kappa shape index (κ3) is 5.43. The number of ether oxygens (including phenoxy) is 2. The first-order chi connectivity index (χ1) is 13.8. The van der Waals surface area contributed by atoms with Crippen molar-refractivity contribution < 1.29 is 23.5 Å². The molecule has 1 aromatic carbocycles. The fourth-order valence-corrected chi connectivity index (χ4v) is 2.92. The molecule has 3 rings (SSSR count). The Morgan fingerprint density at radius 1 is 1.10 bits per heavy atom. The van der Waals surface area contributed by atoms with Crippen LogP contribution in [0.5, 0.6) is 11.5 Å². The third-order valence-electron chi connectivity index (χ3n) is 4.77. The van der Waals surface area contributed by atoms with Gasteiger partial charge in [-0.2, -0.15) is 0 Å². The summed E-state index contributed by atoms with van der Waals surface area (Å²) in [7, 11) is 0. The van der Waals surface area contributed by atoms with Gasteiger partial charge in [-0.1, -0.05) is 19.9 Å². The number of urea groups is 1. The molecule has 1 aromatic heterocycles. The van der Waals surface area contributed by atoms with Crippen LogP contribution in [0, 0.1) is 0 Å². The second-order valence-corrected chi connectivity index (χ2v) is 7.59. The minimum absolute atomic E-state index is 0.274. The fourth-order valence-electron chi connectivity index (χ4n) is 2.92. The van der Waals surface area contributed by atoms with Gasteiger partial charge >= 0.3 is 6.03 Å². The number of amides is 3. The first kappa shape index (κ1) is 20.6. The highest BCUT2D eigenvalue weighted by Crippen LogP contribution is 2.34. The van der Waals surface area contributed by atoms with Gasteiger partial charge in [-0.25, -0.2) is 4.79 Å². The Hall–Kier alpha value is -3.16. The van der Waals surface area contributed by atoms with E-state index in [2.05, 4.69) is 16.0 Å². The number of benzene rings is 1. The van der Waals surface area contributed by atoms with Crippen LogP contribution >= 0.6 is 0 Å². The molecular weight excluding hydrogens is 374 g/mol. The van der Waals surface area contributed by atoms with Gasteiger partial charge in [0.25, 0.3) is 0 Å². The summed E-state index contributed by atoms with van der Waals surface area (Å²) >= 11 is 0. The molecule has 0 saturated heterocycles. The van der Waals surface area contributed by atoms with Gasteiger partial charge in [0.05, 0.1) is 12.8 Å². The van der Waals surface area contributed by atoms with Gasteiger partial charge in [-0.3, -0.25) is 4.79 Å². The lowest BCUT2D eigenvalue weighted by Crippen LogP contribution is -2.50. The van der Waals surface area contributed by atoms with E-state index in [-0.39, 0.29) is 17.9 Å². The fraction of sp³-hybridized carbons (Fsp3) is 0.429. The summed E-state index contributed by atoms with van der Waals surface area (Å²) in [5, 5.41) is 8.20. The summed E-state index contributed by atoms with van der Waals surface area (Å²) in [4.78, 5) is 24.3. The Morgan fingerprint density at radius 3 is 2.59 bits per heavy atom. The number of nitrogens with one attached hydrogen (secondary N) is 3. The Balaban J connectivity index is 1.48. The van der Waals surface area contributed by atoms with Crippen molar-refractivity contribution in [3.63, 3.8) is 0 Å². The zero-order chi connectivity index (χ0) is 20.9. The topological polar surface area (TPSA) is 102 Å². The lowest BCUT2D eigenvalue weighted by atomic mass is 9.84. The molecule has 1 aliphatic rings. The van der Waals surface area contributed by atoms with E-state index in [0.29, 0.717) is 31.3 Å². The van der Waals surface area contributed by atoms with Gasteiger partial charge in [0.2, 0.25) is 5.91 Å². The Morgan fingerprint density at radius 2 is 1.86 bits per heavy atom. The molecule has 0 saturated carbocycles. The standard InChI is InChI=1S/C21H27N3O5/c1-14(19(25)22-12-16-5-4-8-27-16)24-20(26)23-13-21(2,3)15-6-7-17-18(11-15)29-10-9-28-17/h4-8,11,14H,9-10,12-13H2,1-3H3,(H,22,25)(H2,23,24,26). The first-order valence-corrected chi connectivity index (χ1v) is 9.60. The molecule has 156 valence electrons. The minimum atomic E-state index is -0.678. The summed E-state index contributed by atoms with van der Waals surface area (Å²) in [5.74, 6) is 1.81. The van der Waals surface area contributed by atoms with E-state index in [1.54, 1.807) is 25.3 Å². The maximum atomic E-state index is 12.2. The third-order valence-corrected chi connectivity index (χ3v) is 4.77. The zero-order valence-corrected chi connectivity index (χ0v) is 16.9. The average molecular weight is 401 g/mol. The van der Waals surface area contributed by atoms with Gasteiger partial charge in [0.15, 0.2) is 11.5 Å². The van der Waals surface area contributed by atoms with E-state index in [0.717, 1.165) is 11.3 Å². The molecule has 3 N–H and O–H groups in total. The normalized spacial score (nSPS) is 14.0. The summed E-state index contributed by atoms with van der Waals surface area (Å²) in [6.45, 7) is 7.41. The van der Waals surface area contributed by atoms with Crippen LogP contribution in [0.3, 0.4) is 0 Å². The number of hydrogen-bond acceptors (Lipinski definition) is 5. The van der Waals surface area contributed by atoms with E-state index >= 15 is 0 Å². The van der Waals surface area contributed by atoms with Crippen LogP contribution in [0.4, 0.5) is 4.79 Å². The first-order valence-electron chi connectivity index (χ1n) is 9.60. The highest BCUT2D eigenvalue weighted by atomic mass is 16.6. The zero-order valence-electron chi connectivity index (χ0n) is 16.9. The SMILES string of the molecule is CC(NC(=O)NCC(C)(C)c1ccc2c(c1)OCCO2)C(=O)NCc1ccco1. The Kier molecular flexibility index (Phi) is 6.31. The van der Waals surface area contributed by atoms with Crippen LogP contribution in [-0.2, 0) is 16.8 Å². The maximum absolute atomic E-state index is 12.2. The highest BCUT2D eigenvalue weighted by molar-refractivity contribution is 5.86. The molecule has 0 bridgehead atoms. The molecule has 29 heavy (non-hydrogen) atoms. The lowest BCUT2D eigenvalue weighted by Gasteiger charge is -2.28. The molecule has 3 amide bonds. The van der Waals surface area contributed by atoms with E-state index in [1.807, 2.05) is 32.0 Å². The van der Waals surface area contributed by atoms with Crippen LogP contribution in [0.2, 0.25) is 0 Å². The summed E-state index contributed by atoms with van der Waals surface area (Å²) in [6.07, 6.45) is 1.54. The van der Waals surface area contributed by atoms with Crippen molar-refractivity contribution in [2.75, 3.05) is 19.8 Å². The Labute approximate surface area is 169 Å². The van der Waals surface area contributed by atoms with Gasteiger partial charge in [-0.05, 0) is 36.8 Å². The van der Waals surface area contributed by atoms with Crippen LogP contribution in [0.15, 0.2) is 41.0 Å². The smallest absolute Gasteiger partial charge is 0.315 e. The lowest BCUT2D eigenvalue weighted by molar-refractivity contribution is -0.122. The molecule has 8 nitrogen and oxygen atoms in total. The van der Waals surface area contributed by atoms with Crippen molar-refractivity contribution >= 4 is 11.9 Å². The summed E-state index contributed by atoms with van der Waals surface area (Å²) < 4.78 is 16.4. The van der Waals surface area contributed by atoms with Gasteiger partial charge in [0.1, 0.15) is 25.0 Å². The van der Waals surface area contributed by atoms with Crippen LogP contribution < -0.4 is 25.4 Å². The van der Waals surface area contributed by atoms with E-state index in [1.165, 1.54) is 0 Å². The molecule has 0 fully saturated rings. The van der Waals surface area contributed by atoms with Crippen LogP contribution in [0.25, 0.3) is 0 Å². The predicted octanol–water partition coefficient (Wildman–Crippen LogP) is 2.33. The number of fused-ring (bicyclic) bond motifs is 1. The van der Waals surface area contributed by atoms with Crippen molar-refractivity contribution in [3.8, 4) is 11.5 Å². The number of carbonyl (C=O) groups is 2. The van der Waals surface area contributed by atoms with Crippen molar-refractivity contribution in [2.24, 2.45) is 0 Å². The van der Waals surface area contributed by atoms with Crippen LogP contribution in [0.1, 0.15) is 32.1 Å². The van der Waals surface area contributed by atoms with Gasteiger partial charge in [-0.15, -0.1) is 0 Å². The molecule has 1 aliphatic heterocycles. The van der Waals surface area contributed by atoms with Gasteiger partial charge < -0.3 is 29.8 Å². The van der Waals surface area contributed by atoms with E-state index < -0.39 is 12.1 Å². The van der Waals surface area contributed by atoms with Crippen molar-refractivity contribution in [1.29, 1.82) is 0 Å². The maximum Gasteiger partial charge on any atom is 0.315 e. The molecule has 0 aliphatic carbocycles. The molecule has 0 radical (unpaired) electrons. The quantitative estimate of drug-likeness (QED) is 0.661. The molecule has 2 heterocycles. The molecule has 0 spiro atoms. The minimum Gasteiger partial charge on any atom is -0.486 e. The average Bonchev–Trinajstić information content (AvgIpc) is 3.24. The monoisotopic (exact) mass is 401 g/mol. The second-order valence-electron chi connectivity index (χ2n) is 7.59. The predicted molar refractivity (Wildman–Crippen MR) is 107 cm³/mol. The van der Waals surface area contributed by atoms with Crippen molar-refractivity contribution in [2.45, 2.75) is 38.8 Å². The Bertz CT molecular complexity index is 848. The van der Waals surface area contributed by atoms with Gasteiger partial charge in [0, 0.05) is 12.0 Å². The van der Waals surface area contributed by atoms with E-state index in [9.17, 15) is 9.59 Å². The summed E-state index contributed by atoms with van der Waals surface area (Å²) in [5.41, 5.74) is 0.684. The number of hydrogen-bond donors (Lipinski definition) is 3. The van der Waals surface area contributed by atoms with Crippen molar-refractivity contribution in [1.82, 2.24) is 16.0 Å². The molecule has 8 heteroatoms. The van der Waals surface area contributed by atoms with Crippen LogP contribution in [-0.4, -0.2) is 37.7 Å². The van der Waals surface area contributed by atoms with E-state index in [4.69, 9.17) is 13.9 Å². The summed E-state index contributed by atoms with van der Waals surface area (Å²) in [6, 6.07) is 8.23. The number of furan rings is 1. The molecular formula is C21H27N3O5. The molecule has 1 unspecified atom stereocenters. The number of rotatable bonds is 7. The highest BCUT2D eigenvalue weighted by Gasteiger charge is 2.25. The largest absolute Gasteiger partial charge is 0.486 e. The molecule has 1 atom stereocenters.